The lowest BCUT2D eigenvalue weighted by atomic mass is 9.99. The van der Waals surface area contributed by atoms with Crippen molar-refractivity contribution < 1.29 is 9.47 Å². The zero-order chi connectivity index (χ0) is 14.1. The molecule has 0 saturated heterocycles. The topological polar surface area (TPSA) is 34.2 Å². The van der Waals surface area contributed by atoms with E-state index in [1.165, 1.54) is 22.1 Å². The molecule has 3 heteroatoms. The molecule has 0 atom stereocenters. The van der Waals surface area contributed by atoms with Gasteiger partial charge in [0, 0.05) is 28.7 Å². The lowest BCUT2D eigenvalue weighted by molar-refractivity contribution is 0.415. The number of ether oxygens (including phenoxy) is 2. The number of aromatic nitrogens is 1. The molecule has 1 heterocycles. The number of rotatable bonds is 3. The molecule has 0 aliphatic carbocycles. The second kappa shape index (κ2) is 4.93. The fraction of sp³-hybridized carbons (Fsp3) is 0.176. The Balaban J connectivity index is 2.19. The molecular weight excluding hydrogens is 250 g/mol. The normalized spacial score (nSPS) is 10.8. The van der Waals surface area contributed by atoms with Crippen molar-refractivity contribution in [2.75, 3.05) is 14.2 Å². The van der Waals surface area contributed by atoms with E-state index in [0.717, 1.165) is 17.0 Å². The summed E-state index contributed by atoms with van der Waals surface area (Å²) in [4.78, 5) is 3.31. The Morgan fingerprint density at radius 3 is 2.30 bits per heavy atom. The zero-order valence-electron chi connectivity index (χ0n) is 11.9. The van der Waals surface area contributed by atoms with Gasteiger partial charge in [-0.2, -0.15) is 0 Å². The summed E-state index contributed by atoms with van der Waals surface area (Å²) in [5.74, 6) is 1.72. The Kier molecular flexibility index (Phi) is 3.11. The number of benzene rings is 2. The number of fused-ring (bicyclic) bond motifs is 1. The van der Waals surface area contributed by atoms with Crippen LogP contribution in [0.3, 0.4) is 0 Å². The van der Waals surface area contributed by atoms with Gasteiger partial charge in [0.05, 0.1) is 14.2 Å². The molecule has 3 rings (SSSR count). The van der Waals surface area contributed by atoms with Crippen molar-refractivity contribution in [1.29, 1.82) is 0 Å². The highest BCUT2D eigenvalue weighted by Gasteiger charge is 2.10. The number of H-pyrrole nitrogens is 1. The third kappa shape index (κ3) is 2.01. The predicted molar refractivity (Wildman–Crippen MR) is 81.6 cm³/mol. The monoisotopic (exact) mass is 267 g/mol. The average molecular weight is 267 g/mol. The fourth-order valence-electron chi connectivity index (χ4n) is 2.47. The summed E-state index contributed by atoms with van der Waals surface area (Å²) in [6, 6.07) is 12.2. The molecule has 102 valence electrons. The Bertz CT molecular complexity index is 759. The molecule has 3 aromatic rings. The summed E-state index contributed by atoms with van der Waals surface area (Å²) in [6.07, 6.45) is 2.03. The maximum atomic E-state index is 5.33. The first-order valence-corrected chi connectivity index (χ1v) is 6.53. The van der Waals surface area contributed by atoms with Crippen LogP contribution in [0.4, 0.5) is 0 Å². The summed E-state index contributed by atoms with van der Waals surface area (Å²) in [5.41, 5.74) is 4.66. The van der Waals surface area contributed by atoms with E-state index < -0.39 is 0 Å². The van der Waals surface area contributed by atoms with Crippen LogP contribution in [-0.4, -0.2) is 19.2 Å². The van der Waals surface area contributed by atoms with Gasteiger partial charge in [0.1, 0.15) is 11.5 Å². The Morgan fingerprint density at radius 2 is 1.55 bits per heavy atom. The van der Waals surface area contributed by atoms with Crippen molar-refractivity contribution in [2.24, 2.45) is 0 Å². The second-order valence-corrected chi connectivity index (χ2v) is 4.79. The molecular formula is C17H17NO2. The molecule has 2 aromatic carbocycles. The maximum absolute atomic E-state index is 5.33. The Labute approximate surface area is 118 Å². The highest BCUT2D eigenvalue weighted by molar-refractivity contribution is 5.97. The van der Waals surface area contributed by atoms with Gasteiger partial charge in [-0.05, 0) is 42.3 Å². The van der Waals surface area contributed by atoms with Crippen LogP contribution in [-0.2, 0) is 0 Å². The molecule has 0 bridgehead atoms. The van der Waals surface area contributed by atoms with Crippen LogP contribution >= 0.6 is 0 Å². The van der Waals surface area contributed by atoms with E-state index >= 15 is 0 Å². The molecule has 0 aliphatic heterocycles. The van der Waals surface area contributed by atoms with Crippen molar-refractivity contribution in [3.8, 4) is 22.6 Å². The van der Waals surface area contributed by atoms with E-state index in [0.29, 0.717) is 0 Å². The summed E-state index contributed by atoms with van der Waals surface area (Å²) < 4.78 is 10.6. The largest absolute Gasteiger partial charge is 0.497 e. The molecule has 0 amide bonds. The van der Waals surface area contributed by atoms with Crippen LogP contribution in [0.2, 0.25) is 0 Å². The molecule has 0 unspecified atom stereocenters. The van der Waals surface area contributed by atoms with Crippen LogP contribution in [0, 0.1) is 6.92 Å². The van der Waals surface area contributed by atoms with Crippen molar-refractivity contribution in [1.82, 2.24) is 4.98 Å². The summed E-state index contributed by atoms with van der Waals surface area (Å²) in [5, 5.41) is 1.18. The Morgan fingerprint density at radius 1 is 0.850 bits per heavy atom. The fourth-order valence-corrected chi connectivity index (χ4v) is 2.47. The standard InChI is InChI=1S/C17H17NO2/c1-11-4-5-12(19-2)8-15(11)16-10-18-17-9-13(20-3)6-7-14(16)17/h4-10,18H,1-3H3. The van der Waals surface area contributed by atoms with Gasteiger partial charge in [-0.15, -0.1) is 0 Å². The van der Waals surface area contributed by atoms with Crippen LogP contribution in [0.15, 0.2) is 42.6 Å². The first-order valence-electron chi connectivity index (χ1n) is 6.53. The molecule has 1 aromatic heterocycles. The Hall–Kier alpha value is -2.42. The molecule has 0 aliphatic rings. The third-order valence-corrected chi connectivity index (χ3v) is 3.62. The third-order valence-electron chi connectivity index (χ3n) is 3.62. The molecule has 0 saturated carbocycles. The number of aryl methyl sites for hydroxylation is 1. The van der Waals surface area contributed by atoms with E-state index in [4.69, 9.17) is 9.47 Å². The molecule has 3 nitrogen and oxygen atoms in total. The predicted octanol–water partition coefficient (Wildman–Crippen LogP) is 4.16. The van der Waals surface area contributed by atoms with E-state index in [2.05, 4.69) is 30.1 Å². The minimum atomic E-state index is 0.855. The van der Waals surface area contributed by atoms with Gasteiger partial charge in [-0.3, -0.25) is 0 Å². The molecule has 0 radical (unpaired) electrons. The van der Waals surface area contributed by atoms with E-state index in [9.17, 15) is 0 Å². The van der Waals surface area contributed by atoms with Gasteiger partial charge in [0.15, 0.2) is 0 Å². The van der Waals surface area contributed by atoms with Crippen molar-refractivity contribution >= 4 is 10.9 Å². The summed E-state index contributed by atoms with van der Waals surface area (Å²) >= 11 is 0. The van der Waals surface area contributed by atoms with E-state index in [1.54, 1.807) is 14.2 Å². The lowest BCUT2D eigenvalue weighted by Gasteiger charge is -2.08. The average Bonchev–Trinajstić information content (AvgIpc) is 2.90. The SMILES string of the molecule is COc1ccc(C)c(-c2c[nH]c3cc(OC)ccc23)c1. The highest BCUT2D eigenvalue weighted by Crippen LogP contribution is 2.34. The van der Waals surface area contributed by atoms with Crippen molar-refractivity contribution in [3.63, 3.8) is 0 Å². The van der Waals surface area contributed by atoms with Gasteiger partial charge >= 0.3 is 0 Å². The zero-order valence-corrected chi connectivity index (χ0v) is 11.9. The minimum absolute atomic E-state index is 0.855. The maximum Gasteiger partial charge on any atom is 0.120 e. The smallest absolute Gasteiger partial charge is 0.120 e. The number of methoxy groups -OCH3 is 2. The van der Waals surface area contributed by atoms with Gasteiger partial charge in [-0.25, -0.2) is 0 Å². The van der Waals surface area contributed by atoms with Gasteiger partial charge in [-0.1, -0.05) is 6.07 Å². The van der Waals surface area contributed by atoms with Gasteiger partial charge in [0.25, 0.3) is 0 Å². The summed E-state index contributed by atoms with van der Waals surface area (Å²) in [7, 11) is 3.37. The first kappa shape index (κ1) is 12.6. The van der Waals surface area contributed by atoms with Crippen molar-refractivity contribution in [3.05, 3.63) is 48.2 Å². The second-order valence-electron chi connectivity index (χ2n) is 4.79. The number of hydrogen-bond donors (Lipinski definition) is 1. The van der Waals surface area contributed by atoms with Crippen LogP contribution in [0.25, 0.3) is 22.0 Å². The van der Waals surface area contributed by atoms with E-state index in [-0.39, 0.29) is 0 Å². The lowest BCUT2D eigenvalue weighted by Crippen LogP contribution is -1.87. The number of nitrogens with one attached hydrogen (secondary N) is 1. The van der Waals surface area contributed by atoms with E-state index in [1.807, 2.05) is 24.4 Å². The number of hydrogen-bond acceptors (Lipinski definition) is 2. The molecule has 0 spiro atoms. The van der Waals surface area contributed by atoms with Gasteiger partial charge < -0.3 is 14.5 Å². The van der Waals surface area contributed by atoms with Crippen LogP contribution < -0.4 is 9.47 Å². The van der Waals surface area contributed by atoms with Gasteiger partial charge in [0.2, 0.25) is 0 Å². The molecule has 1 N–H and O–H groups in total. The highest BCUT2D eigenvalue weighted by atomic mass is 16.5. The van der Waals surface area contributed by atoms with Crippen LogP contribution in [0.5, 0.6) is 11.5 Å². The number of aromatic amines is 1. The molecule has 20 heavy (non-hydrogen) atoms. The quantitative estimate of drug-likeness (QED) is 0.773. The van der Waals surface area contributed by atoms with Crippen molar-refractivity contribution in [2.45, 2.75) is 6.92 Å². The molecule has 0 fully saturated rings. The van der Waals surface area contributed by atoms with Crippen LogP contribution in [0.1, 0.15) is 5.56 Å². The summed E-state index contributed by atoms with van der Waals surface area (Å²) in [6.45, 7) is 2.11. The first-order chi connectivity index (χ1) is 9.72. The minimum Gasteiger partial charge on any atom is -0.497 e.